The van der Waals surface area contributed by atoms with Gasteiger partial charge in [0.1, 0.15) is 11.2 Å². The van der Waals surface area contributed by atoms with E-state index in [1.807, 2.05) is 0 Å². The summed E-state index contributed by atoms with van der Waals surface area (Å²) in [6.07, 6.45) is 0. The van der Waals surface area contributed by atoms with E-state index in [1.165, 1.54) is 65.3 Å². The van der Waals surface area contributed by atoms with Crippen LogP contribution in [0, 0.1) is 0 Å². The topological polar surface area (TPSA) is 26.3 Å². The first-order valence-corrected chi connectivity index (χ1v) is 18.5. The average molecular weight is 687 g/mol. The Balaban J connectivity index is 0.997. The van der Waals surface area contributed by atoms with Crippen LogP contribution in [-0.4, -0.2) is 0 Å². The molecule has 250 valence electrons. The summed E-state index contributed by atoms with van der Waals surface area (Å²) in [7, 11) is 0. The van der Waals surface area contributed by atoms with Crippen molar-refractivity contribution in [2.45, 2.75) is 0 Å². The smallest absolute Gasteiger partial charge is 0.178 e. The minimum absolute atomic E-state index is 0.784. The fraction of sp³-hybridized carbons (Fsp3) is 0. The van der Waals surface area contributed by atoms with E-state index in [2.05, 4.69) is 182 Å². The molecule has 0 spiro atoms. The molecule has 2 heterocycles. The van der Waals surface area contributed by atoms with E-state index in [1.54, 1.807) is 0 Å². The van der Waals surface area contributed by atoms with Crippen LogP contribution >= 0.6 is 0 Å². The second-order valence-electron chi connectivity index (χ2n) is 14.4. The van der Waals surface area contributed by atoms with Gasteiger partial charge in [0.25, 0.3) is 0 Å². The van der Waals surface area contributed by atoms with Crippen LogP contribution in [0.5, 0.6) is 0 Å². The Morgan fingerprint density at radius 3 is 1.52 bits per heavy atom. The fourth-order valence-corrected chi connectivity index (χ4v) is 8.86. The molecular formula is C52H30O2. The summed E-state index contributed by atoms with van der Waals surface area (Å²) in [5.41, 5.74) is 10.5. The molecule has 2 heteroatoms. The molecule has 0 radical (unpaired) electrons. The van der Waals surface area contributed by atoms with E-state index < -0.39 is 0 Å². The molecule has 10 aromatic carbocycles. The number of hydrogen-bond donors (Lipinski definition) is 0. The standard InChI is InChI=1S/C52H30O2/c1-2-10-32-27-33(20-19-31(32)9-1)34-21-25-49-47(28-34)44-23-24-45-48-30-36(22-26-50(48)54-52(45)51(44)53-49)38-15-7-17-41-40(38)16-8-18-43(41)46-29-35-11-3-4-12-37(35)39-13-5-6-14-42(39)46/h1-30H. The van der Waals surface area contributed by atoms with Crippen molar-refractivity contribution in [3.63, 3.8) is 0 Å². The molecule has 0 N–H and O–H groups in total. The third-order valence-corrected chi connectivity index (χ3v) is 11.4. The molecule has 2 nitrogen and oxygen atoms in total. The second kappa shape index (κ2) is 11.2. The summed E-state index contributed by atoms with van der Waals surface area (Å²) in [6.45, 7) is 0. The molecule has 0 atom stereocenters. The Labute approximate surface area is 310 Å². The van der Waals surface area contributed by atoms with E-state index in [0.717, 1.165) is 55.0 Å². The van der Waals surface area contributed by atoms with Crippen molar-refractivity contribution in [3.8, 4) is 33.4 Å². The van der Waals surface area contributed by atoms with Crippen molar-refractivity contribution >= 4 is 87.0 Å². The van der Waals surface area contributed by atoms with Crippen LogP contribution in [-0.2, 0) is 0 Å². The number of benzene rings is 10. The summed E-state index contributed by atoms with van der Waals surface area (Å²) in [6, 6.07) is 65.8. The van der Waals surface area contributed by atoms with Crippen LogP contribution in [0.2, 0.25) is 0 Å². The maximum atomic E-state index is 6.60. The Kier molecular flexibility index (Phi) is 6.09. The molecule has 0 saturated carbocycles. The highest BCUT2D eigenvalue weighted by Crippen LogP contribution is 2.43. The zero-order chi connectivity index (χ0) is 35.3. The highest BCUT2D eigenvalue weighted by molar-refractivity contribution is 6.21. The van der Waals surface area contributed by atoms with Gasteiger partial charge in [-0.1, -0.05) is 133 Å². The maximum absolute atomic E-state index is 6.60. The Morgan fingerprint density at radius 1 is 0.241 bits per heavy atom. The first-order valence-electron chi connectivity index (χ1n) is 18.5. The van der Waals surface area contributed by atoms with Gasteiger partial charge in [0.05, 0.1) is 0 Å². The quantitative estimate of drug-likeness (QED) is 0.173. The summed E-state index contributed by atoms with van der Waals surface area (Å²) in [5.74, 6) is 0. The number of fused-ring (bicyclic) bond motifs is 12. The predicted molar refractivity (Wildman–Crippen MR) is 227 cm³/mol. The lowest BCUT2D eigenvalue weighted by molar-refractivity contribution is 0.633. The van der Waals surface area contributed by atoms with Gasteiger partial charge in [-0.25, -0.2) is 0 Å². The van der Waals surface area contributed by atoms with Crippen molar-refractivity contribution in [1.29, 1.82) is 0 Å². The van der Waals surface area contributed by atoms with Crippen molar-refractivity contribution in [1.82, 2.24) is 0 Å². The zero-order valence-electron chi connectivity index (χ0n) is 29.1. The van der Waals surface area contributed by atoms with Gasteiger partial charge in [0.2, 0.25) is 0 Å². The first-order chi connectivity index (χ1) is 26.7. The normalized spacial score (nSPS) is 12.1. The van der Waals surface area contributed by atoms with Crippen LogP contribution in [0.25, 0.3) is 120 Å². The van der Waals surface area contributed by atoms with Crippen molar-refractivity contribution in [2.75, 3.05) is 0 Å². The minimum atomic E-state index is 0.784. The van der Waals surface area contributed by atoms with Gasteiger partial charge in [-0.05, 0) is 125 Å². The Morgan fingerprint density at radius 2 is 0.759 bits per heavy atom. The van der Waals surface area contributed by atoms with E-state index in [9.17, 15) is 0 Å². The Hall–Kier alpha value is -7.16. The van der Waals surface area contributed by atoms with Crippen molar-refractivity contribution < 1.29 is 8.83 Å². The van der Waals surface area contributed by atoms with Crippen LogP contribution in [0.15, 0.2) is 191 Å². The van der Waals surface area contributed by atoms with Crippen LogP contribution < -0.4 is 0 Å². The van der Waals surface area contributed by atoms with Gasteiger partial charge in [0.15, 0.2) is 11.2 Å². The highest BCUT2D eigenvalue weighted by atomic mass is 16.4. The van der Waals surface area contributed by atoms with Gasteiger partial charge in [0, 0.05) is 21.5 Å². The molecule has 12 rings (SSSR count). The number of furan rings is 2. The predicted octanol–water partition coefficient (Wildman–Crippen LogP) is 15.1. The molecule has 2 aromatic heterocycles. The Bertz CT molecular complexity index is 3510. The van der Waals surface area contributed by atoms with E-state index >= 15 is 0 Å². The average Bonchev–Trinajstić information content (AvgIpc) is 3.81. The number of hydrogen-bond acceptors (Lipinski definition) is 2. The molecule has 0 saturated heterocycles. The summed E-state index contributed by atoms with van der Waals surface area (Å²) >= 11 is 0. The van der Waals surface area contributed by atoms with Gasteiger partial charge in [-0.3, -0.25) is 0 Å². The van der Waals surface area contributed by atoms with Crippen LogP contribution in [0.1, 0.15) is 0 Å². The third kappa shape index (κ3) is 4.28. The summed E-state index contributed by atoms with van der Waals surface area (Å²) < 4.78 is 13.1. The van der Waals surface area contributed by atoms with Crippen LogP contribution in [0.3, 0.4) is 0 Å². The van der Waals surface area contributed by atoms with Crippen LogP contribution in [0.4, 0.5) is 0 Å². The number of rotatable bonds is 3. The van der Waals surface area contributed by atoms with Gasteiger partial charge >= 0.3 is 0 Å². The molecule has 54 heavy (non-hydrogen) atoms. The SMILES string of the molecule is c1ccc2cc(-c3ccc4oc5c(ccc6c7cc(-c8cccc9c(-c%10cc%11ccccc%11c%11ccccc%10%11)cccc89)ccc7oc65)c4c3)ccc2c1. The zero-order valence-corrected chi connectivity index (χ0v) is 29.1. The molecule has 0 aliphatic carbocycles. The molecule has 0 aliphatic heterocycles. The lowest BCUT2D eigenvalue weighted by Crippen LogP contribution is -1.88. The maximum Gasteiger partial charge on any atom is 0.178 e. The summed E-state index contributed by atoms with van der Waals surface area (Å²) in [4.78, 5) is 0. The fourth-order valence-electron chi connectivity index (χ4n) is 8.86. The van der Waals surface area contributed by atoms with E-state index in [0.29, 0.717) is 0 Å². The van der Waals surface area contributed by atoms with Crippen molar-refractivity contribution in [2.24, 2.45) is 0 Å². The van der Waals surface area contributed by atoms with Gasteiger partial charge in [-0.2, -0.15) is 0 Å². The minimum Gasteiger partial charge on any atom is -0.452 e. The monoisotopic (exact) mass is 686 g/mol. The highest BCUT2D eigenvalue weighted by Gasteiger charge is 2.18. The molecule has 0 bridgehead atoms. The lowest BCUT2D eigenvalue weighted by atomic mass is 9.89. The molecule has 0 amide bonds. The molecule has 0 aliphatic rings. The lowest BCUT2D eigenvalue weighted by Gasteiger charge is -2.15. The second-order valence-corrected chi connectivity index (χ2v) is 14.4. The van der Waals surface area contributed by atoms with E-state index in [4.69, 9.17) is 8.83 Å². The molecular weight excluding hydrogens is 657 g/mol. The summed E-state index contributed by atoms with van der Waals surface area (Å²) in [5, 5.41) is 14.3. The molecule has 12 aromatic rings. The van der Waals surface area contributed by atoms with Gasteiger partial charge in [-0.15, -0.1) is 0 Å². The molecule has 0 fully saturated rings. The first kappa shape index (κ1) is 29.4. The van der Waals surface area contributed by atoms with Gasteiger partial charge < -0.3 is 8.83 Å². The van der Waals surface area contributed by atoms with E-state index in [-0.39, 0.29) is 0 Å². The largest absolute Gasteiger partial charge is 0.452 e. The molecule has 0 unspecified atom stereocenters. The van der Waals surface area contributed by atoms with Crippen molar-refractivity contribution in [3.05, 3.63) is 182 Å². The third-order valence-electron chi connectivity index (χ3n) is 11.4.